The first-order chi connectivity index (χ1) is 11.2. The lowest BCUT2D eigenvalue weighted by Crippen LogP contribution is -2.38. The number of nitrogens with zero attached hydrogens (tertiary/aromatic N) is 2. The maximum absolute atomic E-state index is 12.0. The molecular weight excluding hydrogens is 292 g/mol. The summed E-state index contributed by atoms with van der Waals surface area (Å²) in [5, 5.41) is 5.75. The molecule has 6 heteroatoms. The Morgan fingerprint density at radius 1 is 1.30 bits per heavy atom. The number of nitrogens with one attached hydrogen (secondary N) is 2. The highest BCUT2D eigenvalue weighted by molar-refractivity contribution is 5.73. The van der Waals surface area contributed by atoms with Crippen molar-refractivity contribution in [2.45, 2.75) is 25.8 Å². The molecule has 0 fully saturated rings. The molecule has 2 aromatic rings. The quantitative estimate of drug-likeness (QED) is 0.907. The molecule has 0 bridgehead atoms. The highest BCUT2D eigenvalue weighted by Gasteiger charge is 2.21. The molecule has 23 heavy (non-hydrogen) atoms. The van der Waals surface area contributed by atoms with E-state index in [1.54, 1.807) is 12.3 Å². The van der Waals surface area contributed by atoms with Gasteiger partial charge >= 0.3 is 6.03 Å². The number of amides is 2. The zero-order chi connectivity index (χ0) is 16.1. The van der Waals surface area contributed by atoms with Crippen LogP contribution in [0, 0.1) is 6.92 Å². The van der Waals surface area contributed by atoms with Crippen LogP contribution in [-0.2, 0) is 6.54 Å². The lowest BCUT2D eigenvalue weighted by molar-refractivity contribution is 0.235. The third-order valence-electron chi connectivity index (χ3n) is 3.86. The predicted molar refractivity (Wildman–Crippen MR) is 86.3 cm³/mol. The zero-order valence-corrected chi connectivity index (χ0v) is 13.1. The first kappa shape index (κ1) is 15.3. The standard InChI is InChI=1S/C17H20N4O2/c1-12-18-8-6-14(21-12)11-20-17(22)19-10-13-7-9-23-16-5-3-2-4-15(13)16/h2-6,8,13H,7,9-11H2,1H3,(H2,19,20,22)/t13-/m1/s1. The van der Waals surface area contributed by atoms with Crippen molar-refractivity contribution in [2.75, 3.05) is 13.2 Å². The first-order valence-electron chi connectivity index (χ1n) is 7.74. The van der Waals surface area contributed by atoms with Crippen LogP contribution < -0.4 is 15.4 Å². The Kier molecular flexibility index (Phi) is 4.71. The number of hydrogen-bond acceptors (Lipinski definition) is 4. The minimum absolute atomic E-state index is 0.190. The van der Waals surface area contributed by atoms with Gasteiger partial charge in [-0.3, -0.25) is 0 Å². The molecule has 0 unspecified atom stereocenters. The van der Waals surface area contributed by atoms with E-state index < -0.39 is 0 Å². The van der Waals surface area contributed by atoms with Gasteiger partial charge in [-0.05, 0) is 31.0 Å². The van der Waals surface area contributed by atoms with Crippen molar-refractivity contribution in [3.63, 3.8) is 0 Å². The first-order valence-corrected chi connectivity index (χ1v) is 7.74. The number of ether oxygens (including phenoxy) is 1. The van der Waals surface area contributed by atoms with Gasteiger partial charge in [0, 0.05) is 18.7 Å². The van der Waals surface area contributed by atoms with Crippen LogP contribution in [0.3, 0.4) is 0 Å². The molecule has 1 aromatic carbocycles. The summed E-state index contributed by atoms with van der Waals surface area (Å²) in [5.74, 6) is 1.90. The van der Waals surface area contributed by atoms with Crippen LogP contribution in [0.4, 0.5) is 4.79 Å². The van der Waals surface area contributed by atoms with Crippen molar-refractivity contribution in [2.24, 2.45) is 0 Å². The monoisotopic (exact) mass is 312 g/mol. The second-order valence-corrected chi connectivity index (χ2v) is 5.53. The Hall–Kier alpha value is -2.63. The van der Waals surface area contributed by atoms with Gasteiger partial charge in [0.1, 0.15) is 11.6 Å². The molecule has 2 heterocycles. The predicted octanol–water partition coefficient (Wildman–Crippen LogP) is 2.15. The van der Waals surface area contributed by atoms with Crippen molar-refractivity contribution in [1.82, 2.24) is 20.6 Å². The molecule has 1 aromatic heterocycles. The minimum atomic E-state index is -0.190. The highest BCUT2D eigenvalue weighted by atomic mass is 16.5. The van der Waals surface area contributed by atoms with Gasteiger partial charge in [0.05, 0.1) is 18.8 Å². The molecule has 0 radical (unpaired) electrons. The molecule has 1 aliphatic rings. The van der Waals surface area contributed by atoms with Gasteiger partial charge in [-0.2, -0.15) is 0 Å². The molecule has 0 saturated carbocycles. The normalized spacial score (nSPS) is 16.1. The van der Waals surface area contributed by atoms with Gasteiger partial charge in [0.2, 0.25) is 0 Å². The average Bonchev–Trinajstić information content (AvgIpc) is 2.58. The molecule has 1 aliphatic heterocycles. The van der Waals surface area contributed by atoms with Crippen LogP contribution in [0.1, 0.15) is 29.4 Å². The fourth-order valence-corrected chi connectivity index (χ4v) is 2.68. The van der Waals surface area contributed by atoms with Crippen molar-refractivity contribution < 1.29 is 9.53 Å². The van der Waals surface area contributed by atoms with E-state index in [0.717, 1.165) is 23.4 Å². The maximum atomic E-state index is 12.0. The Morgan fingerprint density at radius 2 is 2.17 bits per heavy atom. The molecule has 0 saturated heterocycles. The lowest BCUT2D eigenvalue weighted by Gasteiger charge is -2.26. The van der Waals surface area contributed by atoms with E-state index in [1.807, 2.05) is 25.1 Å². The van der Waals surface area contributed by atoms with Crippen LogP contribution in [0.2, 0.25) is 0 Å². The number of carbonyl (C=O) groups excluding carboxylic acids is 1. The number of urea groups is 1. The summed E-state index contributed by atoms with van der Waals surface area (Å²) in [7, 11) is 0. The Labute approximate surface area is 135 Å². The van der Waals surface area contributed by atoms with Gasteiger partial charge in [-0.15, -0.1) is 0 Å². The number of rotatable bonds is 4. The molecule has 2 amide bonds. The van der Waals surface area contributed by atoms with Crippen LogP contribution >= 0.6 is 0 Å². The van der Waals surface area contributed by atoms with E-state index in [4.69, 9.17) is 4.74 Å². The Balaban J connectivity index is 1.50. The summed E-state index contributed by atoms with van der Waals surface area (Å²) in [4.78, 5) is 20.2. The number of hydrogen-bond donors (Lipinski definition) is 2. The summed E-state index contributed by atoms with van der Waals surface area (Å²) in [6, 6.07) is 9.59. The highest BCUT2D eigenvalue weighted by Crippen LogP contribution is 2.32. The molecular formula is C17H20N4O2. The largest absolute Gasteiger partial charge is 0.493 e. The maximum Gasteiger partial charge on any atom is 0.315 e. The molecule has 2 N–H and O–H groups in total. The second-order valence-electron chi connectivity index (χ2n) is 5.53. The molecule has 120 valence electrons. The molecule has 6 nitrogen and oxygen atoms in total. The SMILES string of the molecule is Cc1nccc(CNC(=O)NC[C@H]2CCOc3ccccc32)n1. The van der Waals surface area contributed by atoms with E-state index in [-0.39, 0.29) is 11.9 Å². The minimum Gasteiger partial charge on any atom is -0.493 e. The molecule has 3 rings (SSSR count). The third kappa shape index (κ3) is 3.97. The fourth-order valence-electron chi connectivity index (χ4n) is 2.68. The summed E-state index contributed by atoms with van der Waals surface area (Å²) in [6.45, 7) is 3.49. The van der Waals surface area contributed by atoms with E-state index in [2.05, 4.69) is 26.7 Å². The zero-order valence-electron chi connectivity index (χ0n) is 13.1. The van der Waals surface area contributed by atoms with E-state index in [0.29, 0.717) is 25.5 Å². The smallest absolute Gasteiger partial charge is 0.315 e. The van der Waals surface area contributed by atoms with Gasteiger partial charge in [-0.25, -0.2) is 14.8 Å². The number of aryl methyl sites for hydroxylation is 1. The summed E-state index contributed by atoms with van der Waals surface area (Å²) < 4.78 is 5.63. The van der Waals surface area contributed by atoms with Crippen molar-refractivity contribution in [3.8, 4) is 5.75 Å². The van der Waals surface area contributed by atoms with E-state index >= 15 is 0 Å². The number of fused-ring (bicyclic) bond motifs is 1. The fraction of sp³-hybridized carbons (Fsp3) is 0.353. The van der Waals surface area contributed by atoms with Crippen molar-refractivity contribution in [1.29, 1.82) is 0 Å². The second kappa shape index (κ2) is 7.09. The van der Waals surface area contributed by atoms with Crippen LogP contribution in [0.25, 0.3) is 0 Å². The third-order valence-corrected chi connectivity index (χ3v) is 3.86. The van der Waals surface area contributed by atoms with Crippen LogP contribution in [0.5, 0.6) is 5.75 Å². The van der Waals surface area contributed by atoms with Crippen LogP contribution in [-0.4, -0.2) is 29.2 Å². The molecule has 0 aliphatic carbocycles. The number of aromatic nitrogens is 2. The van der Waals surface area contributed by atoms with Crippen molar-refractivity contribution >= 4 is 6.03 Å². The summed E-state index contributed by atoms with van der Waals surface area (Å²) in [6.07, 6.45) is 2.60. The molecule has 1 atom stereocenters. The lowest BCUT2D eigenvalue weighted by atomic mass is 9.93. The number of carbonyl (C=O) groups is 1. The Morgan fingerprint density at radius 3 is 3.04 bits per heavy atom. The number of benzene rings is 1. The number of para-hydroxylation sites is 1. The van der Waals surface area contributed by atoms with E-state index in [9.17, 15) is 4.79 Å². The van der Waals surface area contributed by atoms with Gasteiger partial charge in [-0.1, -0.05) is 18.2 Å². The Bertz CT molecular complexity index is 690. The summed E-state index contributed by atoms with van der Waals surface area (Å²) in [5.41, 5.74) is 1.95. The van der Waals surface area contributed by atoms with Crippen LogP contribution in [0.15, 0.2) is 36.5 Å². The average molecular weight is 312 g/mol. The van der Waals surface area contributed by atoms with Gasteiger partial charge in [0.25, 0.3) is 0 Å². The molecule has 0 spiro atoms. The van der Waals surface area contributed by atoms with E-state index in [1.165, 1.54) is 0 Å². The topological polar surface area (TPSA) is 76.1 Å². The summed E-state index contributed by atoms with van der Waals surface area (Å²) >= 11 is 0. The van der Waals surface area contributed by atoms with Crippen molar-refractivity contribution in [3.05, 3.63) is 53.6 Å². The van der Waals surface area contributed by atoms with Gasteiger partial charge < -0.3 is 15.4 Å². The van der Waals surface area contributed by atoms with Gasteiger partial charge in [0.15, 0.2) is 0 Å².